The van der Waals surface area contributed by atoms with Crippen LogP contribution in [0.2, 0.25) is 0 Å². The van der Waals surface area contributed by atoms with Gasteiger partial charge in [0.25, 0.3) is 0 Å². The van der Waals surface area contributed by atoms with Gasteiger partial charge >= 0.3 is 6.18 Å². The van der Waals surface area contributed by atoms with Crippen LogP contribution < -0.4 is 5.73 Å². The molecule has 3 N–H and O–H groups in total. The molecule has 0 bridgehead atoms. The highest BCUT2D eigenvalue weighted by Crippen LogP contribution is 2.37. The number of nitrogens with zero attached hydrogens (tertiary/aromatic N) is 1. The summed E-state index contributed by atoms with van der Waals surface area (Å²) in [6.45, 7) is -0.930. The normalized spacial score (nSPS) is 17.0. The lowest BCUT2D eigenvalue weighted by atomic mass is 10.00. The van der Waals surface area contributed by atoms with Crippen molar-refractivity contribution in [2.24, 2.45) is 5.73 Å². The van der Waals surface area contributed by atoms with E-state index in [1.165, 1.54) is 5.38 Å². The minimum atomic E-state index is -4.80. The topological polar surface area (TPSA) is 59.1 Å². The molecule has 0 spiro atoms. The van der Waals surface area contributed by atoms with Crippen molar-refractivity contribution in [1.82, 2.24) is 4.37 Å². The van der Waals surface area contributed by atoms with Gasteiger partial charge in [0, 0.05) is 11.9 Å². The van der Waals surface area contributed by atoms with Gasteiger partial charge in [-0.05, 0) is 17.6 Å². The summed E-state index contributed by atoms with van der Waals surface area (Å²) in [4.78, 5) is 0. The van der Waals surface area contributed by atoms with Gasteiger partial charge in [0.1, 0.15) is 0 Å². The number of halogens is 3. The minimum Gasteiger partial charge on any atom is -0.374 e. The molecule has 7 heteroatoms. The summed E-state index contributed by atoms with van der Waals surface area (Å²) in [7, 11) is 0. The van der Waals surface area contributed by atoms with Gasteiger partial charge in [-0.15, -0.1) is 0 Å². The first-order valence-corrected chi connectivity index (χ1v) is 4.15. The zero-order chi connectivity index (χ0) is 10.1. The molecule has 1 rings (SSSR count). The first-order valence-electron chi connectivity index (χ1n) is 3.32. The van der Waals surface area contributed by atoms with Crippen LogP contribution in [0.5, 0.6) is 0 Å². The summed E-state index contributed by atoms with van der Waals surface area (Å²) in [6.07, 6.45) is -4.80. The van der Waals surface area contributed by atoms with Crippen LogP contribution in [0.15, 0.2) is 11.4 Å². The molecular weight excluding hydrogens is 205 g/mol. The van der Waals surface area contributed by atoms with Crippen molar-refractivity contribution in [3.05, 3.63) is 17.1 Å². The van der Waals surface area contributed by atoms with Gasteiger partial charge in [-0.25, -0.2) is 0 Å². The summed E-state index contributed by atoms with van der Waals surface area (Å²) < 4.78 is 40.3. The molecule has 0 aliphatic heterocycles. The first-order chi connectivity index (χ1) is 5.92. The molecule has 0 saturated carbocycles. The van der Waals surface area contributed by atoms with Crippen LogP contribution in [-0.4, -0.2) is 22.2 Å². The Balaban J connectivity index is 3.09. The van der Waals surface area contributed by atoms with Gasteiger partial charge in [-0.1, -0.05) is 0 Å². The van der Waals surface area contributed by atoms with Gasteiger partial charge in [-0.3, -0.25) is 0 Å². The van der Waals surface area contributed by atoms with Crippen LogP contribution >= 0.6 is 11.5 Å². The lowest BCUT2D eigenvalue weighted by molar-refractivity contribution is -0.263. The Morgan fingerprint density at radius 1 is 1.54 bits per heavy atom. The summed E-state index contributed by atoms with van der Waals surface area (Å²) in [5, 5.41) is 10.6. The molecule has 1 atom stereocenters. The van der Waals surface area contributed by atoms with Gasteiger partial charge in [0.15, 0.2) is 0 Å². The maximum Gasteiger partial charge on any atom is 0.424 e. The highest BCUT2D eigenvalue weighted by Gasteiger charge is 2.55. The number of aromatic nitrogens is 1. The van der Waals surface area contributed by atoms with E-state index in [1.807, 2.05) is 0 Å². The molecule has 74 valence electrons. The molecule has 1 unspecified atom stereocenters. The van der Waals surface area contributed by atoms with E-state index in [9.17, 15) is 18.3 Å². The fourth-order valence-corrected chi connectivity index (χ4v) is 1.37. The van der Waals surface area contributed by atoms with Crippen molar-refractivity contribution in [1.29, 1.82) is 0 Å². The second-order valence-corrected chi connectivity index (χ2v) is 3.11. The molecule has 0 fully saturated rings. The second-order valence-electron chi connectivity index (χ2n) is 2.45. The monoisotopic (exact) mass is 212 g/mol. The average Bonchev–Trinajstić information content (AvgIpc) is 2.52. The lowest BCUT2D eigenvalue weighted by Crippen LogP contribution is -2.48. The summed E-state index contributed by atoms with van der Waals surface area (Å²) in [6, 6.07) is 1.10. The van der Waals surface area contributed by atoms with E-state index in [1.54, 1.807) is 0 Å². The van der Waals surface area contributed by atoms with Crippen LogP contribution in [0.3, 0.4) is 0 Å². The van der Waals surface area contributed by atoms with Crippen molar-refractivity contribution in [3.63, 3.8) is 0 Å². The molecule has 3 nitrogen and oxygen atoms in total. The fraction of sp³-hybridized carbons (Fsp3) is 0.500. The summed E-state index contributed by atoms with van der Waals surface area (Å²) in [5.74, 6) is 0. The molecule has 0 aromatic carbocycles. The SMILES string of the molecule is NCC(O)(c1ccsn1)C(F)(F)F. The van der Waals surface area contributed by atoms with Crippen LogP contribution in [0, 0.1) is 0 Å². The Morgan fingerprint density at radius 3 is 2.46 bits per heavy atom. The van der Waals surface area contributed by atoms with E-state index < -0.39 is 24.0 Å². The molecule has 1 aromatic heterocycles. The van der Waals surface area contributed by atoms with Crippen molar-refractivity contribution in [2.75, 3.05) is 6.54 Å². The highest BCUT2D eigenvalue weighted by molar-refractivity contribution is 7.03. The standard InChI is InChI=1S/C6H7F3N2OS/c7-6(8,9)5(12,3-10)4-1-2-13-11-4/h1-2,12H,3,10H2. The largest absolute Gasteiger partial charge is 0.424 e. The van der Waals surface area contributed by atoms with E-state index in [4.69, 9.17) is 5.73 Å². The molecular formula is C6H7F3N2OS. The lowest BCUT2D eigenvalue weighted by Gasteiger charge is -2.26. The molecule has 1 heterocycles. The number of aliphatic hydroxyl groups is 1. The quantitative estimate of drug-likeness (QED) is 0.764. The number of hydrogen-bond donors (Lipinski definition) is 2. The van der Waals surface area contributed by atoms with Crippen LogP contribution in [0.1, 0.15) is 5.69 Å². The number of alkyl halides is 3. The average molecular weight is 212 g/mol. The third-order valence-corrected chi connectivity index (χ3v) is 2.19. The highest BCUT2D eigenvalue weighted by atomic mass is 32.1. The molecule has 0 amide bonds. The summed E-state index contributed by atoms with van der Waals surface area (Å²) >= 11 is 0.832. The third kappa shape index (κ3) is 1.67. The van der Waals surface area contributed by atoms with Gasteiger partial charge in [-0.2, -0.15) is 17.5 Å². The maximum atomic E-state index is 12.3. The maximum absolute atomic E-state index is 12.3. The number of hydrogen-bond acceptors (Lipinski definition) is 4. The molecule has 13 heavy (non-hydrogen) atoms. The van der Waals surface area contributed by atoms with Gasteiger partial charge in [0.05, 0.1) is 5.69 Å². The zero-order valence-corrected chi connectivity index (χ0v) is 7.19. The van der Waals surface area contributed by atoms with Crippen molar-refractivity contribution in [3.8, 4) is 0 Å². The minimum absolute atomic E-state index is 0.451. The summed E-state index contributed by atoms with van der Waals surface area (Å²) in [5.41, 5.74) is 1.41. The first kappa shape index (κ1) is 10.4. The van der Waals surface area contributed by atoms with Gasteiger partial charge in [0.2, 0.25) is 5.60 Å². The number of rotatable bonds is 2. The fourth-order valence-electron chi connectivity index (χ4n) is 0.791. The van der Waals surface area contributed by atoms with Crippen molar-refractivity contribution < 1.29 is 18.3 Å². The Hall–Kier alpha value is -0.660. The predicted molar refractivity (Wildman–Crippen MR) is 41.1 cm³/mol. The van der Waals surface area contributed by atoms with E-state index in [0.717, 1.165) is 17.6 Å². The smallest absolute Gasteiger partial charge is 0.374 e. The van der Waals surface area contributed by atoms with Crippen LogP contribution in [0.25, 0.3) is 0 Å². The molecule has 1 aromatic rings. The van der Waals surface area contributed by atoms with E-state index in [2.05, 4.69) is 4.37 Å². The molecule has 0 aliphatic carbocycles. The molecule has 0 saturated heterocycles. The van der Waals surface area contributed by atoms with Crippen molar-refractivity contribution >= 4 is 11.5 Å². The second kappa shape index (κ2) is 3.24. The van der Waals surface area contributed by atoms with Gasteiger partial charge < -0.3 is 10.8 Å². The zero-order valence-electron chi connectivity index (χ0n) is 6.38. The Morgan fingerprint density at radius 2 is 2.15 bits per heavy atom. The van der Waals surface area contributed by atoms with E-state index >= 15 is 0 Å². The Bertz CT molecular complexity index is 274. The van der Waals surface area contributed by atoms with Crippen LogP contribution in [0.4, 0.5) is 13.2 Å². The Labute approximate surface area is 76.2 Å². The number of nitrogens with two attached hydrogens (primary N) is 1. The predicted octanol–water partition coefficient (Wildman–Crippen LogP) is 0.852. The molecule has 0 aliphatic rings. The Kier molecular flexibility index (Phi) is 2.60. The van der Waals surface area contributed by atoms with E-state index in [-0.39, 0.29) is 0 Å². The third-order valence-electron chi connectivity index (χ3n) is 1.63. The molecule has 0 radical (unpaired) electrons. The van der Waals surface area contributed by atoms with E-state index in [0.29, 0.717) is 0 Å². The van der Waals surface area contributed by atoms with Crippen molar-refractivity contribution in [2.45, 2.75) is 11.8 Å². The van der Waals surface area contributed by atoms with Crippen LogP contribution in [-0.2, 0) is 5.60 Å².